The van der Waals surface area contributed by atoms with Crippen molar-refractivity contribution in [3.63, 3.8) is 0 Å². The molecule has 2 aromatic carbocycles. The molecule has 4 amide bonds. The van der Waals surface area contributed by atoms with Crippen LogP contribution in [-0.4, -0.2) is 68.8 Å². The van der Waals surface area contributed by atoms with Gasteiger partial charge in [0, 0.05) is 47.0 Å². The third kappa shape index (κ3) is 8.06. The van der Waals surface area contributed by atoms with E-state index in [0.717, 1.165) is 27.4 Å². The highest BCUT2D eigenvalue weighted by Crippen LogP contribution is 2.21. The molecule has 5 atom stereocenters. The van der Waals surface area contributed by atoms with Crippen LogP contribution in [-0.2, 0) is 36.8 Å². The van der Waals surface area contributed by atoms with Gasteiger partial charge in [-0.1, -0.05) is 56.7 Å². The number of carboxylic acids is 1. The van der Waals surface area contributed by atoms with E-state index in [0.29, 0.717) is 12.0 Å². The molecule has 10 N–H and O–H groups in total. The van der Waals surface area contributed by atoms with E-state index in [1.54, 1.807) is 19.3 Å². The fourth-order valence-corrected chi connectivity index (χ4v) is 5.26. The Morgan fingerprint density at radius 2 is 1.29 bits per heavy atom. The van der Waals surface area contributed by atoms with E-state index < -0.39 is 60.2 Å². The minimum atomic E-state index is -1.30. The lowest BCUT2D eigenvalue weighted by Gasteiger charge is -2.28. The summed E-state index contributed by atoms with van der Waals surface area (Å²) in [6, 6.07) is 10.0. The topological polar surface area (TPSA) is 225 Å². The molecule has 13 nitrogen and oxygen atoms in total. The zero-order chi connectivity index (χ0) is 32.7. The Bertz CT molecular complexity index is 1700. The van der Waals surface area contributed by atoms with Crippen molar-refractivity contribution in [1.82, 2.24) is 25.9 Å². The second kappa shape index (κ2) is 14.5. The van der Waals surface area contributed by atoms with Crippen LogP contribution in [0.25, 0.3) is 21.8 Å². The molecule has 0 bridgehead atoms. The number of rotatable bonds is 15. The molecule has 4 aromatic rings. The Morgan fingerprint density at radius 3 is 1.80 bits per heavy atom. The van der Waals surface area contributed by atoms with Gasteiger partial charge in [-0.3, -0.25) is 19.2 Å². The van der Waals surface area contributed by atoms with E-state index in [9.17, 15) is 29.1 Å². The molecule has 5 unspecified atom stereocenters. The van der Waals surface area contributed by atoms with Crippen molar-refractivity contribution in [3.8, 4) is 0 Å². The van der Waals surface area contributed by atoms with E-state index in [4.69, 9.17) is 11.5 Å². The standard InChI is InChI=1S/C32H39N7O6/c1-3-17(2)28(39-29(41)22(33)14-27(34)40)31(43)37-25(12-18-15-35-23-10-6-4-8-20(18)23)30(42)38-26(32(44)45)13-19-16-36-24-11-7-5-9-21(19)24/h4-11,15-17,22,25-26,28,35-36H,3,12-14,33H2,1-2H3,(H2,34,40)(H,37,43)(H,38,42)(H,39,41)(H,44,45). The largest absolute Gasteiger partial charge is 0.480 e. The smallest absolute Gasteiger partial charge is 0.326 e. The minimum Gasteiger partial charge on any atom is -0.480 e. The van der Waals surface area contributed by atoms with Crippen LogP contribution in [0.5, 0.6) is 0 Å². The lowest BCUT2D eigenvalue weighted by atomic mass is 9.96. The maximum absolute atomic E-state index is 13.8. The number of aromatic amines is 2. The summed E-state index contributed by atoms with van der Waals surface area (Å²) < 4.78 is 0. The van der Waals surface area contributed by atoms with Crippen LogP contribution in [0, 0.1) is 5.92 Å². The molecule has 0 saturated carbocycles. The fraction of sp³-hybridized carbons (Fsp3) is 0.344. The number of aromatic nitrogens is 2. The Hall–Kier alpha value is -5.17. The zero-order valence-electron chi connectivity index (χ0n) is 25.1. The van der Waals surface area contributed by atoms with Crippen molar-refractivity contribution in [3.05, 3.63) is 72.1 Å². The number of primary amides is 1. The number of nitrogens with one attached hydrogen (secondary N) is 5. The van der Waals surface area contributed by atoms with Crippen LogP contribution in [0.15, 0.2) is 60.9 Å². The van der Waals surface area contributed by atoms with Crippen LogP contribution in [0.4, 0.5) is 0 Å². The van der Waals surface area contributed by atoms with E-state index >= 15 is 0 Å². The summed E-state index contributed by atoms with van der Waals surface area (Å²) in [4.78, 5) is 70.1. The number of H-pyrrole nitrogens is 2. The molecular formula is C32H39N7O6. The second-order valence-electron chi connectivity index (χ2n) is 11.2. The molecule has 0 spiro atoms. The van der Waals surface area contributed by atoms with E-state index in [1.165, 1.54) is 0 Å². The Morgan fingerprint density at radius 1 is 0.778 bits per heavy atom. The fourth-order valence-electron chi connectivity index (χ4n) is 5.26. The molecule has 0 fully saturated rings. The summed E-state index contributed by atoms with van der Waals surface area (Å²) in [6.45, 7) is 3.58. The van der Waals surface area contributed by atoms with E-state index in [2.05, 4.69) is 25.9 Å². The normalized spacial score (nSPS) is 14.6. The third-order valence-corrected chi connectivity index (χ3v) is 8.00. The van der Waals surface area contributed by atoms with Crippen LogP contribution >= 0.6 is 0 Å². The summed E-state index contributed by atoms with van der Waals surface area (Å²) in [5, 5.41) is 19.7. The van der Waals surface area contributed by atoms with Crippen LogP contribution in [0.2, 0.25) is 0 Å². The molecule has 45 heavy (non-hydrogen) atoms. The van der Waals surface area contributed by atoms with Crippen molar-refractivity contribution < 1.29 is 29.1 Å². The number of carbonyl (C=O) groups excluding carboxylic acids is 4. The van der Waals surface area contributed by atoms with Crippen molar-refractivity contribution in [2.75, 3.05) is 0 Å². The van der Waals surface area contributed by atoms with Gasteiger partial charge in [0.15, 0.2) is 0 Å². The zero-order valence-corrected chi connectivity index (χ0v) is 25.1. The molecule has 238 valence electrons. The molecule has 0 aliphatic carbocycles. The number of carbonyl (C=O) groups is 5. The molecular weight excluding hydrogens is 578 g/mol. The third-order valence-electron chi connectivity index (χ3n) is 8.00. The SMILES string of the molecule is CCC(C)C(NC(=O)C(N)CC(N)=O)C(=O)NC(Cc1c[nH]c2ccccc12)C(=O)NC(Cc1c[nH]c2ccccc12)C(=O)O. The number of amides is 4. The summed E-state index contributed by atoms with van der Waals surface area (Å²) in [6.07, 6.45) is 3.56. The first kappa shape index (κ1) is 32.7. The summed E-state index contributed by atoms with van der Waals surface area (Å²) in [5.74, 6) is -4.48. The van der Waals surface area contributed by atoms with Gasteiger partial charge in [0.1, 0.15) is 18.1 Å². The molecule has 4 rings (SSSR count). The van der Waals surface area contributed by atoms with Gasteiger partial charge in [-0.15, -0.1) is 0 Å². The van der Waals surface area contributed by atoms with Crippen LogP contribution in [0.3, 0.4) is 0 Å². The molecule has 0 radical (unpaired) electrons. The van der Waals surface area contributed by atoms with Crippen molar-refractivity contribution in [1.29, 1.82) is 0 Å². The Balaban J connectivity index is 1.59. The number of fused-ring (bicyclic) bond motifs is 2. The number of hydrogen-bond acceptors (Lipinski definition) is 6. The first-order chi connectivity index (χ1) is 21.5. The number of hydrogen-bond donors (Lipinski definition) is 8. The Kier molecular flexibility index (Phi) is 10.6. The maximum atomic E-state index is 13.8. The summed E-state index contributed by atoms with van der Waals surface area (Å²) in [5.41, 5.74) is 14.1. The monoisotopic (exact) mass is 617 g/mol. The highest BCUT2D eigenvalue weighted by atomic mass is 16.4. The van der Waals surface area contributed by atoms with E-state index in [1.807, 2.05) is 55.5 Å². The quantitative estimate of drug-likeness (QED) is 0.0972. The highest BCUT2D eigenvalue weighted by Gasteiger charge is 2.33. The second-order valence-corrected chi connectivity index (χ2v) is 11.2. The predicted octanol–water partition coefficient (Wildman–Crippen LogP) is 1.22. The summed E-state index contributed by atoms with van der Waals surface area (Å²) in [7, 11) is 0. The molecule has 0 aliphatic rings. The number of nitrogens with two attached hydrogens (primary N) is 2. The van der Waals surface area contributed by atoms with Gasteiger partial charge in [0.2, 0.25) is 23.6 Å². The lowest BCUT2D eigenvalue weighted by molar-refractivity contribution is -0.142. The minimum absolute atomic E-state index is 0.00212. The molecule has 2 heterocycles. The van der Waals surface area contributed by atoms with Crippen molar-refractivity contribution in [2.45, 2.75) is 63.7 Å². The predicted molar refractivity (Wildman–Crippen MR) is 169 cm³/mol. The lowest BCUT2D eigenvalue weighted by Crippen LogP contribution is -2.59. The first-order valence-corrected chi connectivity index (χ1v) is 14.8. The molecule has 13 heteroatoms. The van der Waals surface area contributed by atoms with Gasteiger partial charge in [-0.05, 0) is 29.2 Å². The maximum Gasteiger partial charge on any atom is 0.326 e. The van der Waals surface area contributed by atoms with Crippen molar-refractivity contribution in [2.24, 2.45) is 17.4 Å². The average Bonchev–Trinajstić information content (AvgIpc) is 3.62. The van der Waals surface area contributed by atoms with Crippen molar-refractivity contribution >= 4 is 51.4 Å². The number of carboxylic acid groups (broad SMARTS) is 1. The molecule has 2 aromatic heterocycles. The van der Waals surface area contributed by atoms with Crippen LogP contribution in [0.1, 0.15) is 37.8 Å². The average molecular weight is 618 g/mol. The molecule has 0 aliphatic heterocycles. The summed E-state index contributed by atoms with van der Waals surface area (Å²) >= 11 is 0. The molecule has 0 saturated heterocycles. The number of aliphatic carboxylic acids is 1. The Labute approximate surface area is 259 Å². The van der Waals surface area contributed by atoms with Gasteiger partial charge >= 0.3 is 5.97 Å². The number of para-hydroxylation sites is 2. The van der Waals surface area contributed by atoms with Gasteiger partial charge in [0.05, 0.1) is 12.5 Å². The van der Waals surface area contributed by atoms with Gasteiger partial charge in [-0.25, -0.2) is 4.79 Å². The van der Waals surface area contributed by atoms with E-state index in [-0.39, 0.29) is 18.8 Å². The van der Waals surface area contributed by atoms with Gasteiger partial charge in [-0.2, -0.15) is 0 Å². The number of benzene rings is 2. The first-order valence-electron chi connectivity index (χ1n) is 14.8. The highest BCUT2D eigenvalue weighted by molar-refractivity contribution is 5.96. The van der Waals surface area contributed by atoms with Gasteiger partial charge < -0.3 is 42.5 Å². The van der Waals surface area contributed by atoms with Gasteiger partial charge in [0.25, 0.3) is 0 Å². The van der Waals surface area contributed by atoms with Crippen LogP contribution < -0.4 is 27.4 Å².